The molecule has 4 aliphatic heterocycles. The van der Waals surface area contributed by atoms with Gasteiger partial charge in [-0.3, -0.25) is 19.4 Å². The van der Waals surface area contributed by atoms with Crippen molar-refractivity contribution in [3.8, 4) is 17.2 Å². The zero-order valence-electron chi connectivity index (χ0n) is 30.7. The summed E-state index contributed by atoms with van der Waals surface area (Å²) in [5.74, 6) is 2.36. The van der Waals surface area contributed by atoms with Gasteiger partial charge in [0.1, 0.15) is 36.5 Å². The Balaban J connectivity index is 0.742. The molecule has 4 heterocycles. The molecule has 0 saturated carbocycles. The van der Waals surface area contributed by atoms with Crippen LogP contribution in [0, 0.1) is 0 Å². The number of rotatable bonds is 11. The molecule has 4 aromatic rings. The van der Waals surface area contributed by atoms with Crippen molar-refractivity contribution < 1.29 is 24.2 Å². The van der Waals surface area contributed by atoms with Crippen molar-refractivity contribution in [2.45, 2.75) is 68.6 Å². The smallest absolute Gasteiger partial charge is 0.255 e. The topological polar surface area (TPSA) is 94.6 Å². The van der Waals surface area contributed by atoms with Crippen LogP contribution < -0.4 is 14.8 Å². The van der Waals surface area contributed by atoms with Crippen molar-refractivity contribution in [3.05, 3.63) is 137 Å². The summed E-state index contributed by atoms with van der Waals surface area (Å²) in [7, 11) is 0. The molecule has 2 bridgehead atoms. The van der Waals surface area contributed by atoms with Gasteiger partial charge in [-0.2, -0.15) is 0 Å². The molecule has 3 fully saturated rings. The van der Waals surface area contributed by atoms with E-state index in [0.29, 0.717) is 67.6 Å². The number of aryl methyl sites for hydroxylation is 1. The van der Waals surface area contributed by atoms with Gasteiger partial charge in [-0.25, -0.2) is 0 Å². The molecule has 9 nitrogen and oxygen atoms in total. The minimum atomic E-state index is -0.458. The maximum absolute atomic E-state index is 13.1. The normalized spacial score (nSPS) is 25.1. The van der Waals surface area contributed by atoms with Gasteiger partial charge in [0.25, 0.3) is 5.91 Å². The highest BCUT2D eigenvalue weighted by molar-refractivity contribution is 6.01. The molecule has 0 aromatic heterocycles. The number of piperidine rings is 1. The first-order valence-corrected chi connectivity index (χ1v) is 19.5. The number of amides is 2. The Labute approximate surface area is 317 Å². The number of fused-ring (bicyclic) bond motifs is 4. The highest BCUT2D eigenvalue weighted by Gasteiger charge is 2.43. The molecule has 1 aliphatic carbocycles. The molecule has 0 radical (unpaired) electrons. The number of nitrogens with one attached hydrogen (secondary N) is 1. The van der Waals surface area contributed by atoms with Crippen molar-refractivity contribution >= 4 is 11.8 Å². The summed E-state index contributed by atoms with van der Waals surface area (Å²) in [5, 5.41) is 13.0. The van der Waals surface area contributed by atoms with Gasteiger partial charge in [0.15, 0.2) is 0 Å². The van der Waals surface area contributed by atoms with Crippen LogP contribution >= 0.6 is 0 Å². The number of piperazine rings is 1. The highest BCUT2D eigenvalue weighted by atomic mass is 16.5. The molecule has 2 N–H and O–H groups in total. The van der Waals surface area contributed by atoms with E-state index in [9.17, 15) is 14.7 Å². The zero-order valence-corrected chi connectivity index (χ0v) is 30.7. The van der Waals surface area contributed by atoms with Crippen molar-refractivity contribution in [2.24, 2.45) is 0 Å². The van der Waals surface area contributed by atoms with Gasteiger partial charge in [0, 0.05) is 62.0 Å². The fraction of sp³-hybridized carbons (Fsp3) is 0.378. The molecule has 5 atom stereocenters. The first-order valence-electron chi connectivity index (χ1n) is 19.5. The maximum Gasteiger partial charge on any atom is 0.255 e. The quantitative estimate of drug-likeness (QED) is 0.190. The summed E-state index contributed by atoms with van der Waals surface area (Å²) in [5.41, 5.74) is 7.46. The fourth-order valence-electron chi connectivity index (χ4n) is 9.71. The van der Waals surface area contributed by atoms with Gasteiger partial charge in [0.05, 0.1) is 0 Å². The maximum atomic E-state index is 13.1. The third-order valence-corrected chi connectivity index (χ3v) is 12.4. The van der Waals surface area contributed by atoms with Crippen molar-refractivity contribution in [2.75, 3.05) is 39.4 Å². The minimum Gasteiger partial charge on any atom is -0.508 e. The number of hydrogen-bond acceptors (Lipinski definition) is 7. The molecule has 5 aliphatic rings. The number of benzene rings is 4. The van der Waals surface area contributed by atoms with Crippen LogP contribution in [0.1, 0.15) is 75.7 Å². The highest BCUT2D eigenvalue weighted by Crippen LogP contribution is 2.47. The Bertz CT molecular complexity index is 2050. The van der Waals surface area contributed by atoms with Gasteiger partial charge >= 0.3 is 0 Å². The largest absolute Gasteiger partial charge is 0.508 e. The Morgan fingerprint density at radius 1 is 0.759 bits per heavy atom. The SMILES string of the molecule is C=C1CC[C@H](N2Cc3cc(OCCN4C[C@@H]5C[C@H]4CN5CCOc4ccc([C@H]5c6ccc(O)cc6CC[C@H]5c5ccccc5)cc4)ccc3C2=O)C(=O)N1. The lowest BCUT2D eigenvalue weighted by molar-refractivity contribution is -0.126. The summed E-state index contributed by atoms with van der Waals surface area (Å²) in [4.78, 5) is 32.4. The molecule has 54 heavy (non-hydrogen) atoms. The Hall–Kier alpha value is -5.12. The number of allylic oxidation sites excluding steroid dienone is 1. The summed E-state index contributed by atoms with van der Waals surface area (Å²) < 4.78 is 12.5. The molecule has 4 aromatic carbocycles. The first-order chi connectivity index (χ1) is 26.4. The van der Waals surface area contributed by atoms with E-state index in [4.69, 9.17) is 9.47 Å². The molecular weight excluding hydrogens is 677 g/mol. The van der Waals surface area contributed by atoms with Gasteiger partial charge < -0.3 is 24.8 Å². The fourth-order valence-corrected chi connectivity index (χ4v) is 9.71. The van der Waals surface area contributed by atoms with Crippen LogP contribution in [-0.4, -0.2) is 89.1 Å². The standard InChI is InChI=1S/C45H48N4O5/c1-29-7-18-42(44(51)46-29)49-26-33-24-38(14-17-41(33)45(49)52)54-22-20-48-28-34-25-35(48)27-47(34)19-21-53-37-12-8-31(9-13-37)43-39(30-5-3-2-4-6-30)15-10-32-23-36(50)11-16-40(32)43/h2-6,8-9,11-14,16-17,23-24,34-35,39,42-43,50H,1,7,10,15,18-22,25-28H2,(H,46,51)/t34-,35-,39-,42-,43+/m0/s1. The van der Waals surface area contributed by atoms with E-state index < -0.39 is 6.04 Å². The van der Waals surface area contributed by atoms with Crippen LogP contribution in [-0.2, 0) is 17.8 Å². The average Bonchev–Trinajstić information content (AvgIpc) is 3.87. The van der Waals surface area contributed by atoms with Crippen LogP contribution in [0.15, 0.2) is 103 Å². The second-order valence-electron chi connectivity index (χ2n) is 15.6. The number of carbonyl (C=O) groups excluding carboxylic acids is 2. The van der Waals surface area contributed by atoms with E-state index in [1.165, 1.54) is 28.7 Å². The van der Waals surface area contributed by atoms with Crippen molar-refractivity contribution in [1.29, 1.82) is 0 Å². The number of likely N-dealkylation sites (tertiary alicyclic amines) is 2. The van der Waals surface area contributed by atoms with Gasteiger partial charge in [0.2, 0.25) is 5.91 Å². The molecule has 2 amide bonds. The van der Waals surface area contributed by atoms with Crippen LogP contribution in [0.5, 0.6) is 17.2 Å². The number of nitrogens with zero attached hydrogens (tertiary/aromatic N) is 3. The zero-order chi connectivity index (χ0) is 36.8. The van der Waals surface area contributed by atoms with E-state index in [1.54, 1.807) is 4.90 Å². The Morgan fingerprint density at radius 2 is 1.48 bits per heavy atom. The Morgan fingerprint density at radius 3 is 2.20 bits per heavy atom. The predicted molar refractivity (Wildman–Crippen MR) is 207 cm³/mol. The summed E-state index contributed by atoms with van der Waals surface area (Å²) in [6.07, 6.45) is 4.47. The third kappa shape index (κ3) is 6.75. The van der Waals surface area contributed by atoms with Crippen molar-refractivity contribution in [1.82, 2.24) is 20.0 Å². The van der Waals surface area contributed by atoms with Gasteiger partial charge in [-0.1, -0.05) is 55.1 Å². The van der Waals surface area contributed by atoms with Crippen molar-refractivity contribution in [3.63, 3.8) is 0 Å². The van der Waals surface area contributed by atoms with Crippen LogP contribution in [0.2, 0.25) is 0 Å². The van der Waals surface area contributed by atoms with Gasteiger partial charge in [-0.05, 0) is 108 Å². The minimum absolute atomic E-state index is 0.0910. The second-order valence-corrected chi connectivity index (χ2v) is 15.6. The van der Waals surface area contributed by atoms with Crippen LogP contribution in [0.3, 0.4) is 0 Å². The monoisotopic (exact) mass is 724 g/mol. The molecule has 9 rings (SSSR count). The van der Waals surface area contributed by atoms with Crippen LogP contribution in [0.25, 0.3) is 0 Å². The summed E-state index contributed by atoms with van der Waals surface area (Å²) >= 11 is 0. The summed E-state index contributed by atoms with van der Waals surface area (Å²) in [6.45, 7) is 9.38. The van der Waals surface area contributed by atoms with E-state index in [-0.39, 0.29) is 17.7 Å². The molecule has 0 spiro atoms. The van der Waals surface area contributed by atoms with Gasteiger partial charge in [-0.15, -0.1) is 0 Å². The number of phenols is 1. The lowest BCUT2D eigenvalue weighted by atomic mass is 9.69. The number of carbonyl (C=O) groups is 2. The number of hydrogen-bond donors (Lipinski definition) is 2. The lowest BCUT2D eigenvalue weighted by Crippen LogP contribution is -2.49. The first kappa shape index (κ1) is 34.6. The molecule has 0 unspecified atom stereocenters. The van der Waals surface area contributed by atoms with E-state index >= 15 is 0 Å². The van der Waals surface area contributed by atoms with E-state index in [0.717, 1.165) is 56.1 Å². The lowest BCUT2D eigenvalue weighted by Gasteiger charge is -2.35. The predicted octanol–water partition coefficient (Wildman–Crippen LogP) is 6.22. The average molecular weight is 725 g/mol. The molecule has 3 saturated heterocycles. The number of aromatic hydroxyl groups is 1. The summed E-state index contributed by atoms with van der Waals surface area (Å²) in [6, 6.07) is 31.6. The molecular formula is C45H48N4O5. The number of phenolic OH excluding ortho intramolecular Hbond substituents is 1. The molecule has 9 heteroatoms. The van der Waals surface area contributed by atoms with E-state index in [2.05, 4.69) is 82.4 Å². The second kappa shape index (κ2) is 14.6. The number of ether oxygens (including phenoxy) is 2. The van der Waals surface area contributed by atoms with Crippen LogP contribution in [0.4, 0.5) is 0 Å². The third-order valence-electron chi connectivity index (χ3n) is 12.4. The molecule has 278 valence electrons. The Kier molecular flexibility index (Phi) is 9.37. The van der Waals surface area contributed by atoms with E-state index in [1.807, 2.05) is 30.3 Å².